The maximum absolute atomic E-state index is 6.12. The zero-order valence-corrected chi connectivity index (χ0v) is 11.6. The Morgan fingerprint density at radius 2 is 2.29 bits per heavy atom. The van der Waals surface area contributed by atoms with Gasteiger partial charge in [0.2, 0.25) is 0 Å². The average Bonchev–Trinajstić information content (AvgIpc) is 2.79. The second-order valence-corrected chi connectivity index (χ2v) is 4.61. The minimum Gasteiger partial charge on any atom is -0.497 e. The van der Waals surface area contributed by atoms with Gasteiger partial charge in [-0.05, 0) is 12.1 Å². The number of hydrogen-bond acceptors (Lipinski definition) is 3. The highest BCUT2D eigenvalue weighted by atomic mass is 79.9. The summed E-state index contributed by atoms with van der Waals surface area (Å²) in [6.45, 7) is 0. The highest BCUT2D eigenvalue weighted by molar-refractivity contribution is 9.09. The highest BCUT2D eigenvalue weighted by Gasteiger charge is 2.07. The number of aromatic nitrogens is 3. The molecule has 0 aliphatic carbocycles. The first-order valence-electron chi connectivity index (χ1n) is 5.05. The molecule has 17 heavy (non-hydrogen) atoms. The minimum absolute atomic E-state index is 0.612. The van der Waals surface area contributed by atoms with Crippen LogP contribution in [0.3, 0.4) is 0 Å². The van der Waals surface area contributed by atoms with E-state index in [1.807, 2.05) is 18.3 Å². The van der Waals surface area contributed by atoms with Crippen molar-refractivity contribution in [1.82, 2.24) is 15.0 Å². The third-order valence-corrected chi connectivity index (χ3v) is 3.01. The molecular weight excluding hydrogens is 305 g/mol. The molecule has 0 amide bonds. The van der Waals surface area contributed by atoms with E-state index >= 15 is 0 Å². The largest absolute Gasteiger partial charge is 0.497 e. The molecule has 1 aromatic heterocycles. The monoisotopic (exact) mass is 315 g/mol. The molecule has 0 saturated heterocycles. The van der Waals surface area contributed by atoms with E-state index in [0.29, 0.717) is 5.02 Å². The van der Waals surface area contributed by atoms with Crippen molar-refractivity contribution in [3.8, 4) is 11.4 Å². The van der Waals surface area contributed by atoms with Crippen LogP contribution in [0.4, 0.5) is 0 Å². The lowest BCUT2D eigenvalue weighted by atomic mass is 10.3. The number of nitrogens with zero attached hydrogens (tertiary/aromatic N) is 3. The molecule has 0 bridgehead atoms. The van der Waals surface area contributed by atoms with Gasteiger partial charge in [-0.15, -0.1) is 5.10 Å². The van der Waals surface area contributed by atoms with Gasteiger partial charge < -0.3 is 4.74 Å². The maximum atomic E-state index is 6.12. The zero-order valence-electron chi connectivity index (χ0n) is 9.23. The minimum atomic E-state index is 0.612. The van der Waals surface area contributed by atoms with Crippen molar-refractivity contribution in [2.75, 3.05) is 12.4 Å². The summed E-state index contributed by atoms with van der Waals surface area (Å²) in [7, 11) is 1.62. The third kappa shape index (κ3) is 2.79. The topological polar surface area (TPSA) is 39.9 Å². The summed E-state index contributed by atoms with van der Waals surface area (Å²) in [5, 5.41) is 9.58. The van der Waals surface area contributed by atoms with Crippen LogP contribution in [0.15, 0.2) is 24.4 Å². The van der Waals surface area contributed by atoms with Crippen molar-refractivity contribution in [1.29, 1.82) is 0 Å². The smallest absolute Gasteiger partial charge is 0.121 e. The lowest BCUT2D eigenvalue weighted by molar-refractivity contribution is 0.414. The standard InChI is InChI=1S/C11H11BrClN3O/c1-17-9-2-3-10(13)11(6-9)16-7-8(4-5-12)14-15-16/h2-3,6-7H,4-5H2,1H3. The predicted octanol–water partition coefficient (Wildman–Crippen LogP) is 2.87. The highest BCUT2D eigenvalue weighted by Crippen LogP contribution is 2.24. The predicted molar refractivity (Wildman–Crippen MR) is 70.4 cm³/mol. The van der Waals surface area contributed by atoms with Gasteiger partial charge in [-0.2, -0.15) is 0 Å². The van der Waals surface area contributed by atoms with Crippen molar-refractivity contribution in [2.24, 2.45) is 0 Å². The molecule has 1 aromatic carbocycles. The Hall–Kier alpha value is -1.07. The van der Waals surface area contributed by atoms with Gasteiger partial charge in [-0.3, -0.25) is 0 Å². The first-order valence-corrected chi connectivity index (χ1v) is 6.55. The normalized spacial score (nSPS) is 10.5. The van der Waals surface area contributed by atoms with Crippen LogP contribution in [-0.4, -0.2) is 27.4 Å². The van der Waals surface area contributed by atoms with Gasteiger partial charge in [0, 0.05) is 17.8 Å². The fourth-order valence-electron chi connectivity index (χ4n) is 1.42. The molecule has 0 atom stereocenters. The molecule has 90 valence electrons. The van der Waals surface area contributed by atoms with Gasteiger partial charge in [0.25, 0.3) is 0 Å². The summed E-state index contributed by atoms with van der Waals surface area (Å²) in [5.74, 6) is 0.738. The molecule has 2 aromatic rings. The first kappa shape index (κ1) is 12.4. The van der Waals surface area contributed by atoms with E-state index in [2.05, 4.69) is 26.2 Å². The van der Waals surface area contributed by atoms with Gasteiger partial charge in [0.1, 0.15) is 5.75 Å². The van der Waals surface area contributed by atoms with Crippen LogP contribution in [0.25, 0.3) is 5.69 Å². The molecule has 0 unspecified atom stereocenters. The molecule has 0 saturated carbocycles. The van der Waals surface area contributed by atoms with E-state index in [-0.39, 0.29) is 0 Å². The summed E-state index contributed by atoms with van der Waals surface area (Å²) >= 11 is 9.49. The number of methoxy groups -OCH3 is 1. The molecule has 0 fully saturated rings. The Morgan fingerprint density at radius 3 is 3.00 bits per heavy atom. The third-order valence-electron chi connectivity index (χ3n) is 2.29. The molecular formula is C11H11BrClN3O. The van der Waals surface area contributed by atoms with E-state index in [9.17, 15) is 0 Å². The summed E-state index contributed by atoms with van der Waals surface area (Å²) in [4.78, 5) is 0. The number of alkyl halides is 1. The van der Waals surface area contributed by atoms with Gasteiger partial charge in [0.05, 0.1) is 29.7 Å². The number of aryl methyl sites for hydroxylation is 1. The quantitative estimate of drug-likeness (QED) is 0.814. The van der Waals surface area contributed by atoms with E-state index in [4.69, 9.17) is 16.3 Å². The maximum Gasteiger partial charge on any atom is 0.121 e. The number of benzene rings is 1. The van der Waals surface area contributed by atoms with Crippen LogP contribution in [-0.2, 0) is 6.42 Å². The van der Waals surface area contributed by atoms with Gasteiger partial charge in [0.15, 0.2) is 0 Å². The molecule has 1 heterocycles. The number of ether oxygens (including phenoxy) is 1. The van der Waals surface area contributed by atoms with Crippen molar-refractivity contribution < 1.29 is 4.74 Å². The molecule has 4 nitrogen and oxygen atoms in total. The van der Waals surface area contributed by atoms with Crippen LogP contribution in [0.2, 0.25) is 5.02 Å². The van der Waals surface area contributed by atoms with Crippen molar-refractivity contribution in [2.45, 2.75) is 6.42 Å². The van der Waals surface area contributed by atoms with Crippen molar-refractivity contribution in [3.63, 3.8) is 0 Å². The fraction of sp³-hybridized carbons (Fsp3) is 0.273. The fourth-order valence-corrected chi connectivity index (χ4v) is 2.03. The lowest BCUT2D eigenvalue weighted by Crippen LogP contribution is -1.97. The van der Waals surface area contributed by atoms with Crippen LogP contribution in [0.1, 0.15) is 5.69 Å². The zero-order chi connectivity index (χ0) is 12.3. The van der Waals surface area contributed by atoms with Crippen LogP contribution < -0.4 is 4.74 Å². The Labute approximate surface area is 113 Å². The van der Waals surface area contributed by atoms with E-state index in [0.717, 1.165) is 28.9 Å². The van der Waals surface area contributed by atoms with Gasteiger partial charge in [-0.25, -0.2) is 4.68 Å². The van der Waals surface area contributed by atoms with Crippen molar-refractivity contribution >= 4 is 27.5 Å². The van der Waals surface area contributed by atoms with Crippen LogP contribution in [0, 0.1) is 0 Å². The summed E-state index contributed by atoms with van der Waals surface area (Å²) in [6, 6.07) is 5.42. The van der Waals surface area contributed by atoms with E-state index in [1.165, 1.54) is 0 Å². The van der Waals surface area contributed by atoms with Crippen molar-refractivity contribution in [3.05, 3.63) is 35.1 Å². The van der Waals surface area contributed by atoms with Crippen LogP contribution >= 0.6 is 27.5 Å². The van der Waals surface area contributed by atoms with Gasteiger partial charge >= 0.3 is 0 Å². The molecule has 0 radical (unpaired) electrons. The molecule has 0 aliphatic heterocycles. The second-order valence-electron chi connectivity index (χ2n) is 3.41. The van der Waals surface area contributed by atoms with Gasteiger partial charge in [-0.1, -0.05) is 32.7 Å². The Morgan fingerprint density at radius 1 is 1.47 bits per heavy atom. The van der Waals surface area contributed by atoms with E-state index < -0.39 is 0 Å². The molecule has 0 N–H and O–H groups in total. The summed E-state index contributed by atoms with van der Waals surface area (Å²) < 4.78 is 6.81. The molecule has 0 aliphatic rings. The number of hydrogen-bond donors (Lipinski definition) is 0. The summed E-state index contributed by atoms with van der Waals surface area (Å²) in [6.07, 6.45) is 2.70. The Balaban J connectivity index is 2.37. The molecule has 0 spiro atoms. The SMILES string of the molecule is COc1ccc(Cl)c(-n2cc(CCBr)nn2)c1. The van der Waals surface area contributed by atoms with Crippen LogP contribution in [0.5, 0.6) is 5.75 Å². The first-order chi connectivity index (χ1) is 8.24. The number of halogens is 2. The average molecular weight is 317 g/mol. The summed E-state index contributed by atoms with van der Waals surface area (Å²) in [5.41, 5.74) is 1.68. The second kappa shape index (κ2) is 5.51. The van der Waals surface area contributed by atoms with E-state index in [1.54, 1.807) is 17.9 Å². The molecule has 6 heteroatoms. The number of rotatable bonds is 4. The Bertz CT molecular complexity index is 515. The Kier molecular flexibility index (Phi) is 4.02. The molecule has 2 rings (SSSR count). The lowest BCUT2D eigenvalue weighted by Gasteiger charge is -2.05.